The van der Waals surface area contributed by atoms with Gasteiger partial charge in [-0.25, -0.2) is 0 Å². The van der Waals surface area contributed by atoms with Crippen LogP contribution < -0.4 is 4.52 Å². The Morgan fingerprint density at radius 3 is 2.82 bits per heavy atom. The van der Waals surface area contributed by atoms with Gasteiger partial charge in [-0.3, -0.25) is 4.52 Å². The molecule has 0 spiro atoms. The SMILES string of the molecule is Cc1ccc(O[PH+]=O)c(O)c1. The monoisotopic (exact) mass is 171 g/mol. The number of hydrogen-bond donors (Lipinski definition) is 1. The highest BCUT2D eigenvalue weighted by Crippen LogP contribution is 2.28. The summed E-state index contributed by atoms with van der Waals surface area (Å²) >= 11 is 0. The lowest BCUT2D eigenvalue weighted by atomic mass is 10.2. The molecule has 0 heterocycles. The molecule has 58 valence electrons. The Balaban J connectivity index is 2.98. The molecule has 1 rings (SSSR count). The van der Waals surface area contributed by atoms with Gasteiger partial charge in [0.25, 0.3) is 0 Å². The summed E-state index contributed by atoms with van der Waals surface area (Å²) < 4.78 is 14.6. The lowest BCUT2D eigenvalue weighted by Gasteiger charge is -1.96. The summed E-state index contributed by atoms with van der Waals surface area (Å²) in [5.41, 5.74) is 0.934. The first-order valence-corrected chi connectivity index (χ1v) is 3.89. The van der Waals surface area contributed by atoms with E-state index in [1.54, 1.807) is 18.2 Å². The van der Waals surface area contributed by atoms with Gasteiger partial charge in [0.15, 0.2) is 5.75 Å². The predicted molar refractivity (Wildman–Crippen MR) is 42.5 cm³/mol. The number of aromatic hydroxyl groups is 1. The molecule has 0 radical (unpaired) electrons. The fraction of sp³-hybridized carbons (Fsp3) is 0.143. The predicted octanol–water partition coefficient (Wildman–Crippen LogP) is 2.02. The summed E-state index contributed by atoms with van der Waals surface area (Å²) in [4.78, 5) is 0. The van der Waals surface area contributed by atoms with Crippen LogP contribution >= 0.6 is 8.69 Å². The van der Waals surface area contributed by atoms with E-state index in [0.717, 1.165) is 5.56 Å². The molecule has 0 saturated carbocycles. The van der Waals surface area contributed by atoms with Gasteiger partial charge < -0.3 is 5.11 Å². The highest BCUT2D eigenvalue weighted by atomic mass is 31.1. The maximum atomic E-state index is 10.0. The van der Waals surface area contributed by atoms with Crippen molar-refractivity contribution in [2.24, 2.45) is 0 Å². The summed E-state index contributed by atoms with van der Waals surface area (Å²) in [7, 11) is -0.882. The number of benzene rings is 1. The number of phenols is 1. The van der Waals surface area contributed by atoms with Crippen molar-refractivity contribution >= 4 is 8.69 Å². The van der Waals surface area contributed by atoms with Crippen LogP contribution in [0.1, 0.15) is 5.56 Å². The lowest BCUT2D eigenvalue weighted by Crippen LogP contribution is -1.77. The van der Waals surface area contributed by atoms with Crippen molar-refractivity contribution in [3.05, 3.63) is 23.8 Å². The molecule has 11 heavy (non-hydrogen) atoms. The average molecular weight is 171 g/mol. The molecule has 0 bridgehead atoms. The molecule has 0 aliphatic rings. The van der Waals surface area contributed by atoms with Gasteiger partial charge in [-0.15, -0.1) is 0 Å². The van der Waals surface area contributed by atoms with E-state index in [2.05, 4.69) is 4.52 Å². The molecule has 1 aromatic carbocycles. The largest absolute Gasteiger partial charge is 0.542 e. The third kappa shape index (κ3) is 1.92. The second-order valence-electron chi connectivity index (χ2n) is 2.16. The molecule has 4 heteroatoms. The van der Waals surface area contributed by atoms with Gasteiger partial charge in [-0.2, -0.15) is 0 Å². The maximum Gasteiger partial charge on any atom is 0.542 e. The Morgan fingerprint density at radius 1 is 1.55 bits per heavy atom. The van der Waals surface area contributed by atoms with Gasteiger partial charge in [0.2, 0.25) is 5.75 Å². The molecule has 1 unspecified atom stereocenters. The molecule has 1 aromatic rings. The van der Waals surface area contributed by atoms with Crippen LogP contribution in [0.3, 0.4) is 0 Å². The maximum absolute atomic E-state index is 10.0. The van der Waals surface area contributed by atoms with Crippen molar-refractivity contribution in [2.45, 2.75) is 6.92 Å². The normalized spacial score (nSPS) is 9.91. The van der Waals surface area contributed by atoms with Crippen molar-refractivity contribution in [3.8, 4) is 11.5 Å². The Bertz CT molecular complexity index is 272. The molecule has 0 amide bonds. The fourth-order valence-corrected chi connectivity index (χ4v) is 1.02. The number of phenolic OH excluding ortho intramolecular Hbond substituents is 1. The summed E-state index contributed by atoms with van der Waals surface area (Å²) in [6.07, 6.45) is 0. The minimum Gasteiger partial charge on any atom is -0.504 e. The van der Waals surface area contributed by atoms with E-state index < -0.39 is 8.69 Å². The van der Waals surface area contributed by atoms with Gasteiger partial charge in [0.1, 0.15) is 0 Å². The van der Waals surface area contributed by atoms with Crippen LogP contribution in [0.15, 0.2) is 18.2 Å². The van der Waals surface area contributed by atoms with Crippen molar-refractivity contribution < 1.29 is 14.2 Å². The second kappa shape index (κ2) is 3.35. The fourth-order valence-electron chi connectivity index (χ4n) is 0.759. The average Bonchev–Trinajstić information content (AvgIpc) is 1.95. The summed E-state index contributed by atoms with van der Waals surface area (Å²) in [6, 6.07) is 4.90. The zero-order valence-electron chi connectivity index (χ0n) is 6.00. The molecule has 0 saturated heterocycles. The van der Waals surface area contributed by atoms with Crippen LogP contribution in [0.5, 0.6) is 11.5 Å². The van der Waals surface area contributed by atoms with Crippen molar-refractivity contribution in [1.29, 1.82) is 0 Å². The number of rotatable bonds is 2. The van der Waals surface area contributed by atoms with Crippen LogP contribution in [0.4, 0.5) is 0 Å². The van der Waals surface area contributed by atoms with E-state index >= 15 is 0 Å². The summed E-state index contributed by atoms with van der Waals surface area (Å²) in [5.74, 6) is 0.275. The van der Waals surface area contributed by atoms with E-state index in [9.17, 15) is 4.57 Å². The molecule has 0 aliphatic heterocycles. The van der Waals surface area contributed by atoms with Crippen molar-refractivity contribution in [1.82, 2.24) is 0 Å². The molecule has 1 N–H and O–H groups in total. The molecular formula is C7H8O3P+. The summed E-state index contributed by atoms with van der Waals surface area (Å²) in [5, 5.41) is 9.16. The van der Waals surface area contributed by atoms with Gasteiger partial charge >= 0.3 is 8.69 Å². The van der Waals surface area contributed by atoms with E-state index in [1.807, 2.05) is 6.92 Å². The Morgan fingerprint density at radius 2 is 2.27 bits per heavy atom. The van der Waals surface area contributed by atoms with E-state index in [-0.39, 0.29) is 11.5 Å². The van der Waals surface area contributed by atoms with Crippen LogP contribution in [0, 0.1) is 6.92 Å². The highest BCUT2D eigenvalue weighted by molar-refractivity contribution is 7.17. The van der Waals surface area contributed by atoms with Crippen molar-refractivity contribution in [2.75, 3.05) is 0 Å². The van der Waals surface area contributed by atoms with Gasteiger partial charge in [0, 0.05) is 0 Å². The minimum absolute atomic E-state index is 0.0216. The van der Waals surface area contributed by atoms with Crippen molar-refractivity contribution in [3.63, 3.8) is 0 Å². The minimum atomic E-state index is -0.882. The van der Waals surface area contributed by atoms with Gasteiger partial charge in [-0.1, -0.05) is 6.07 Å². The molecule has 0 aromatic heterocycles. The topological polar surface area (TPSA) is 46.5 Å². The molecule has 1 atom stereocenters. The molecule has 0 aliphatic carbocycles. The van der Waals surface area contributed by atoms with E-state index in [1.165, 1.54) is 0 Å². The Kier molecular flexibility index (Phi) is 2.44. The quantitative estimate of drug-likeness (QED) is 0.692. The standard InChI is InChI=1S/C7H7O3P/c1-5-2-3-7(10-11-9)6(8)4-5/h2-4,11H,1H3/p+1. The molecule has 0 fully saturated rings. The summed E-state index contributed by atoms with van der Waals surface area (Å²) in [6.45, 7) is 1.85. The highest BCUT2D eigenvalue weighted by Gasteiger charge is 2.04. The zero-order valence-corrected chi connectivity index (χ0v) is 7.00. The lowest BCUT2D eigenvalue weighted by molar-refractivity contribution is 0.440. The first-order chi connectivity index (χ1) is 5.24. The van der Waals surface area contributed by atoms with Gasteiger partial charge in [0.05, 0.1) is 0 Å². The third-order valence-corrected chi connectivity index (χ3v) is 1.57. The van der Waals surface area contributed by atoms with E-state index in [4.69, 9.17) is 5.11 Å². The smallest absolute Gasteiger partial charge is 0.504 e. The van der Waals surface area contributed by atoms with Crippen LogP contribution in [-0.2, 0) is 4.57 Å². The zero-order chi connectivity index (χ0) is 8.27. The second-order valence-corrected chi connectivity index (χ2v) is 2.53. The Hall–Kier alpha value is -1.08. The van der Waals surface area contributed by atoms with Gasteiger partial charge in [-0.05, 0) is 29.2 Å². The number of aryl methyl sites for hydroxylation is 1. The van der Waals surface area contributed by atoms with Crippen LogP contribution in [-0.4, -0.2) is 5.11 Å². The first-order valence-electron chi connectivity index (χ1n) is 3.07. The molecule has 3 nitrogen and oxygen atoms in total. The number of hydrogen-bond acceptors (Lipinski definition) is 3. The first kappa shape index (κ1) is 8.02. The van der Waals surface area contributed by atoms with Crippen LogP contribution in [0.2, 0.25) is 0 Å². The third-order valence-electron chi connectivity index (χ3n) is 1.27. The Labute approximate surface area is 65.9 Å². The van der Waals surface area contributed by atoms with Crippen LogP contribution in [0.25, 0.3) is 0 Å². The molecular weight excluding hydrogens is 163 g/mol. The van der Waals surface area contributed by atoms with E-state index in [0.29, 0.717) is 0 Å².